The molecule has 0 aliphatic heterocycles. The number of hydrogen-bond donors (Lipinski definition) is 0. The fourth-order valence-corrected chi connectivity index (χ4v) is 1.95. The Kier molecular flexibility index (Phi) is 3.79. The van der Waals surface area contributed by atoms with E-state index in [-0.39, 0.29) is 0 Å². The fourth-order valence-electron chi connectivity index (χ4n) is 1.21. The van der Waals surface area contributed by atoms with Crippen LogP contribution in [0.1, 0.15) is 25.6 Å². The first-order chi connectivity index (χ1) is 5.74. The van der Waals surface area contributed by atoms with Gasteiger partial charge in [-0.2, -0.15) is 0 Å². The van der Waals surface area contributed by atoms with Crippen molar-refractivity contribution in [2.24, 2.45) is 7.05 Å². The molecule has 1 aromatic heterocycles. The van der Waals surface area contributed by atoms with Gasteiger partial charge in [0.1, 0.15) is 5.82 Å². The smallest absolute Gasteiger partial charge is 0.109 e. The van der Waals surface area contributed by atoms with Gasteiger partial charge in [-0.25, -0.2) is 4.98 Å². The van der Waals surface area contributed by atoms with Crippen LogP contribution in [0.15, 0.2) is 12.4 Å². The number of aromatic nitrogens is 2. The minimum Gasteiger partial charge on any atom is -0.338 e. The average molecular weight is 231 g/mol. The average Bonchev–Trinajstić information content (AvgIpc) is 2.37. The van der Waals surface area contributed by atoms with E-state index < -0.39 is 0 Å². The van der Waals surface area contributed by atoms with Crippen LogP contribution in [0.25, 0.3) is 0 Å². The molecule has 0 saturated heterocycles. The van der Waals surface area contributed by atoms with E-state index in [1.807, 2.05) is 19.4 Å². The molecule has 0 spiro atoms. The molecule has 1 rings (SSSR count). The van der Waals surface area contributed by atoms with Crippen molar-refractivity contribution in [1.82, 2.24) is 9.55 Å². The predicted octanol–water partition coefficient (Wildman–Crippen LogP) is 2.53. The van der Waals surface area contributed by atoms with Crippen molar-refractivity contribution in [1.29, 1.82) is 0 Å². The van der Waals surface area contributed by atoms with Crippen molar-refractivity contribution in [3.05, 3.63) is 18.2 Å². The maximum Gasteiger partial charge on any atom is 0.109 e. The monoisotopic (exact) mass is 230 g/mol. The highest BCUT2D eigenvalue weighted by atomic mass is 79.9. The molecule has 0 aliphatic rings. The van der Waals surface area contributed by atoms with Gasteiger partial charge < -0.3 is 4.57 Å². The highest BCUT2D eigenvalue weighted by Gasteiger charge is 2.06. The number of alkyl halides is 1. The molecule has 68 valence electrons. The number of halogens is 1. The molecule has 0 N–H and O–H groups in total. The summed E-state index contributed by atoms with van der Waals surface area (Å²) in [4.78, 5) is 4.84. The quantitative estimate of drug-likeness (QED) is 0.728. The van der Waals surface area contributed by atoms with Gasteiger partial charge in [-0.15, -0.1) is 0 Å². The van der Waals surface area contributed by atoms with Gasteiger partial charge in [0, 0.05) is 30.7 Å². The predicted molar refractivity (Wildman–Crippen MR) is 54.5 cm³/mol. The first kappa shape index (κ1) is 9.78. The van der Waals surface area contributed by atoms with E-state index in [9.17, 15) is 0 Å². The summed E-state index contributed by atoms with van der Waals surface area (Å²) in [6.45, 7) is 2.20. The maximum absolute atomic E-state index is 4.27. The minimum atomic E-state index is 0.573. The number of imidazole rings is 1. The van der Waals surface area contributed by atoms with E-state index >= 15 is 0 Å². The summed E-state index contributed by atoms with van der Waals surface area (Å²) in [6, 6.07) is 0. The molecule has 12 heavy (non-hydrogen) atoms. The van der Waals surface area contributed by atoms with Gasteiger partial charge in [0.15, 0.2) is 0 Å². The Labute approximate surface area is 82.1 Å². The van der Waals surface area contributed by atoms with Crippen LogP contribution in [-0.4, -0.2) is 14.4 Å². The Morgan fingerprint density at radius 3 is 2.92 bits per heavy atom. The second-order valence-corrected chi connectivity index (χ2v) is 4.34. The summed E-state index contributed by atoms with van der Waals surface area (Å²) in [5.41, 5.74) is 0. The lowest BCUT2D eigenvalue weighted by Crippen LogP contribution is -2.07. The molecule has 0 fully saturated rings. The Morgan fingerprint density at radius 2 is 2.42 bits per heavy atom. The Bertz CT molecular complexity index is 232. The van der Waals surface area contributed by atoms with Gasteiger partial charge in [-0.3, -0.25) is 0 Å². The van der Waals surface area contributed by atoms with E-state index in [1.54, 1.807) is 0 Å². The van der Waals surface area contributed by atoms with E-state index in [4.69, 9.17) is 0 Å². The van der Waals surface area contributed by atoms with Crippen molar-refractivity contribution >= 4 is 15.9 Å². The number of nitrogens with zero attached hydrogens (tertiary/aromatic N) is 2. The lowest BCUT2D eigenvalue weighted by molar-refractivity contribution is 0.693. The fraction of sp³-hybridized carbons (Fsp3) is 0.667. The first-order valence-corrected chi connectivity index (χ1v) is 5.26. The van der Waals surface area contributed by atoms with E-state index in [1.165, 1.54) is 12.8 Å². The van der Waals surface area contributed by atoms with Crippen molar-refractivity contribution < 1.29 is 0 Å². The summed E-state index contributed by atoms with van der Waals surface area (Å²) in [6.07, 6.45) is 7.30. The van der Waals surface area contributed by atoms with Crippen LogP contribution in [0.4, 0.5) is 0 Å². The molecular weight excluding hydrogens is 216 g/mol. The molecule has 1 atom stereocenters. The lowest BCUT2D eigenvalue weighted by Gasteiger charge is -2.07. The van der Waals surface area contributed by atoms with Crippen LogP contribution in [-0.2, 0) is 13.5 Å². The van der Waals surface area contributed by atoms with Crippen LogP contribution in [0.2, 0.25) is 0 Å². The van der Waals surface area contributed by atoms with Crippen molar-refractivity contribution in [3.63, 3.8) is 0 Å². The molecule has 0 saturated carbocycles. The molecular formula is C9H15BrN2. The molecule has 1 heterocycles. The SMILES string of the molecule is CCCC(Br)Cc1nccn1C. The summed E-state index contributed by atoms with van der Waals surface area (Å²) in [7, 11) is 2.04. The molecule has 0 aromatic carbocycles. The summed E-state index contributed by atoms with van der Waals surface area (Å²) in [5, 5.41) is 0. The molecule has 3 heteroatoms. The van der Waals surface area contributed by atoms with Gasteiger partial charge in [-0.1, -0.05) is 29.3 Å². The number of aryl methyl sites for hydroxylation is 1. The van der Waals surface area contributed by atoms with Crippen molar-refractivity contribution in [3.8, 4) is 0 Å². The first-order valence-electron chi connectivity index (χ1n) is 4.34. The van der Waals surface area contributed by atoms with Gasteiger partial charge >= 0.3 is 0 Å². The van der Waals surface area contributed by atoms with Crippen LogP contribution in [0.5, 0.6) is 0 Å². The van der Waals surface area contributed by atoms with Gasteiger partial charge in [0.2, 0.25) is 0 Å². The molecule has 1 aromatic rings. The maximum atomic E-state index is 4.27. The third-order valence-electron chi connectivity index (χ3n) is 1.93. The summed E-state index contributed by atoms with van der Waals surface area (Å²) < 4.78 is 2.07. The van der Waals surface area contributed by atoms with Gasteiger partial charge in [-0.05, 0) is 6.42 Å². The Hall–Kier alpha value is -0.310. The second-order valence-electron chi connectivity index (χ2n) is 3.04. The topological polar surface area (TPSA) is 17.8 Å². The third-order valence-corrected chi connectivity index (χ3v) is 2.71. The van der Waals surface area contributed by atoms with E-state index in [0.29, 0.717) is 4.83 Å². The highest BCUT2D eigenvalue weighted by molar-refractivity contribution is 9.09. The molecule has 0 aliphatic carbocycles. The van der Waals surface area contributed by atoms with Crippen LogP contribution in [0.3, 0.4) is 0 Å². The standard InChI is InChI=1S/C9H15BrN2/c1-3-4-8(10)7-9-11-5-6-12(9)2/h5-6,8H,3-4,7H2,1-2H3. The molecule has 2 nitrogen and oxygen atoms in total. The van der Waals surface area contributed by atoms with Crippen LogP contribution >= 0.6 is 15.9 Å². The zero-order chi connectivity index (χ0) is 8.97. The van der Waals surface area contributed by atoms with Crippen LogP contribution < -0.4 is 0 Å². The van der Waals surface area contributed by atoms with Gasteiger partial charge in [0.25, 0.3) is 0 Å². The summed E-state index contributed by atoms with van der Waals surface area (Å²) in [5.74, 6) is 1.16. The number of rotatable bonds is 4. The highest BCUT2D eigenvalue weighted by Crippen LogP contribution is 2.13. The molecule has 0 amide bonds. The number of hydrogen-bond acceptors (Lipinski definition) is 1. The van der Waals surface area contributed by atoms with Crippen molar-refractivity contribution in [2.45, 2.75) is 31.0 Å². The molecule has 0 bridgehead atoms. The molecule has 1 unspecified atom stereocenters. The van der Waals surface area contributed by atoms with Gasteiger partial charge in [0.05, 0.1) is 0 Å². The zero-order valence-electron chi connectivity index (χ0n) is 7.63. The zero-order valence-corrected chi connectivity index (χ0v) is 9.21. The lowest BCUT2D eigenvalue weighted by atomic mass is 10.2. The Balaban J connectivity index is 2.46. The Morgan fingerprint density at radius 1 is 1.67 bits per heavy atom. The largest absolute Gasteiger partial charge is 0.338 e. The van der Waals surface area contributed by atoms with Crippen LogP contribution in [0, 0.1) is 0 Å². The van der Waals surface area contributed by atoms with E-state index in [0.717, 1.165) is 12.2 Å². The third kappa shape index (κ3) is 2.63. The molecule has 0 radical (unpaired) electrons. The second kappa shape index (κ2) is 4.65. The normalized spacial score (nSPS) is 13.2. The van der Waals surface area contributed by atoms with Crippen molar-refractivity contribution in [2.75, 3.05) is 0 Å². The summed E-state index contributed by atoms with van der Waals surface area (Å²) >= 11 is 3.64. The minimum absolute atomic E-state index is 0.573. The van der Waals surface area contributed by atoms with E-state index in [2.05, 4.69) is 32.4 Å².